The molecule has 0 radical (unpaired) electrons. The Balaban J connectivity index is 1.97. The third-order valence-corrected chi connectivity index (χ3v) is 6.17. The van der Waals surface area contributed by atoms with E-state index in [-0.39, 0.29) is 12.2 Å². The van der Waals surface area contributed by atoms with Gasteiger partial charge in [-0.05, 0) is 69.0 Å². The fraction of sp³-hybridized carbons (Fsp3) is 0.323. The van der Waals surface area contributed by atoms with Crippen LogP contribution in [0.3, 0.4) is 0 Å². The number of hydrogen-bond acceptors (Lipinski definition) is 5. The van der Waals surface area contributed by atoms with Crippen molar-refractivity contribution in [3.05, 3.63) is 95.1 Å². The molecule has 3 aromatic rings. The summed E-state index contributed by atoms with van der Waals surface area (Å²) in [4.78, 5) is 41.7. The molecule has 0 saturated carbocycles. The van der Waals surface area contributed by atoms with Crippen LogP contribution >= 0.6 is 0 Å². The summed E-state index contributed by atoms with van der Waals surface area (Å²) in [5.74, 6) is -0.981. The highest BCUT2D eigenvalue weighted by Crippen LogP contribution is 2.28. The molecule has 0 spiro atoms. The summed E-state index contributed by atoms with van der Waals surface area (Å²) in [7, 11) is 1.51. The largest absolute Gasteiger partial charge is 0.508 e. The van der Waals surface area contributed by atoms with Crippen LogP contribution in [0, 0.1) is 13.8 Å². The first-order chi connectivity index (χ1) is 18.4. The lowest BCUT2D eigenvalue weighted by molar-refractivity contribution is -0.139. The van der Waals surface area contributed by atoms with Gasteiger partial charge in [0.2, 0.25) is 5.91 Å². The number of benzene rings is 3. The first-order valence-electron chi connectivity index (χ1n) is 12.8. The van der Waals surface area contributed by atoms with Crippen LogP contribution in [0.25, 0.3) is 0 Å². The van der Waals surface area contributed by atoms with Gasteiger partial charge in [0.25, 0.3) is 5.91 Å². The molecule has 2 unspecified atom stereocenters. The quantitative estimate of drug-likeness (QED) is 0.366. The molecule has 8 heteroatoms. The summed E-state index contributed by atoms with van der Waals surface area (Å²) in [6, 6.07) is 19.1. The minimum atomic E-state index is -1.10. The molecule has 0 aliphatic rings. The molecule has 0 aliphatic heterocycles. The molecular formula is C31H37N3O5. The number of phenolic OH excluding ortho intramolecular Hbond substituents is 1. The third-order valence-electron chi connectivity index (χ3n) is 6.17. The number of carbonyl (C=O) groups excluding carboxylic acids is 3. The summed E-state index contributed by atoms with van der Waals surface area (Å²) in [5, 5.41) is 15.8. The van der Waals surface area contributed by atoms with Crippen molar-refractivity contribution in [2.24, 2.45) is 0 Å². The Morgan fingerprint density at radius 1 is 0.923 bits per heavy atom. The van der Waals surface area contributed by atoms with Crippen LogP contribution in [-0.4, -0.2) is 46.6 Å². The summed E-state index contributed by atoms with van der Waals surface area (Å²) >= 11 is 0. The molecule has 3 amide bonds. The Hall–Kier alpha value is -4.33. The van der Waals surface area contributed by atoms with Crippen molar-refractivity contribution in [2.45, 2.75) is 58.7 Å². The van der Waals surface area contributed by atoms with Gasteiger partial charge >= 0.3 is 6.09 Å². The highest BCUT2D eigenvalue weighted by Gasteiger charge is 2.34. The summed E-state index contributed by atoms with van der Waals surface area (Å²) < 4.78 is 5.42. The second kappa shape index (κ2) is 12.5. The number of carbonyl (C=O) groups is 3. The number of aromatic hydroxyl groups is 1. The predicted molar refractivity (Wildman–Crippen MR) is 151 cm³/mol. The highest BCUT2D eigenvalue weighted by molar-refractivity contribution is 5.99. The lowest BCUT2D eigenvalue weighted by Crippen LogP contribution is -2.52. The zero-order valence-corrected chi connectivity index (χ0v) is 23.3. The molecule has 0 aliphatic carbocycles. The maximum absolute atomic E-state index is 14.0. The normalized spacial score (nSPS) is 12.7. The van der Waals surface area contributed by atoms with Crippen molar-refractivity contribution in [3.8, 4) is 5.75 Å². The van der Waals surface area contributed by atoms with Crippen LogP contribution in [0.1, 0.15) is 49.1 Å². The van der Waals surface area contributed by atoms with Crippen LogP contribution in [0.2, 0.25) is 0 Å². The van der Waals surface area contributed by atoms with Gasteiger partial charge in [-0.25, -0.2) is 4.79 Å². The van der Waals surface area contributed by atoms with E-state index in [1.165, 1.54) is 24.1 Å². The van der Waals surface area contributed by atoms with Crippen LogP contribution in [0.15, 0.2) is 72.8 Å². The maximum atomic E-state index is 14.0. The average molecular weight is 532 g/mol. The van der Waals surface area contributed by atoms with Crippen LogP contribution in [-0.2, 0) is 20.7 Å². The second-order valence-corrected chi connectivity index (χ2v) is 10.6. The fourth-order valence-corrected chi connectivity index (χ4v) is 4.32. The van der Waals surface area contributed by atoms with Gasteiger partial charge in [-0.15, -0.1) is 0 Å². The van der Waals surface area contributed by atoms with E-state index in [0.29, 0.717) is 11.3 Å². The summed E-state index contributed by atoms with van der Waals surface area (Å²) in [5.41, 5.74) is 2.90. The van der Waals surface area contributed by atoms with Crippen LogP contribution in [0.5, 0.6) is 5.75 Å². The van der Waals surface area contributed by atoms with Gasteiger partial charge in [-0.2, -0.15) is 0 Å². The van der Waals surface area contributed by atoms with Gasteiger partial charge in [0, 0.05) is 19.2 Å². The van der Waals surface area contributed by atoms with Gasteiger partial charge in [-0.1, -0.05) is 60.7 Å². The molecule has 0 heterocycles. The lowest BCUT2D eigenvalue weighted by Gasteiger charge is -2.32. The number of nitrogens with zero attached hydrogens (tertiary/aromatic N) is 1. The number of nitrogens with one attached hydrogen (secondary N) is 2. The number of ether oxygens (including phenoxy) is 1. The molecule has 3 aromatic carbocycles. The molecule has 206 valence electrons. The maximum Gasteiger partial charge on any atom is 0.408 e. The molecule has 39 heavy (non-hydrogen) atoms. The number of rotatable bonds is 8. The number of amides is 3. The van der Waals surface area contributed by atoms with E-state index in [2.05, 4.69) is 10.6 Å². The van der Waals surface area contributed by atoms with Crippen molar-refractivity contribution < 1.29 is 24.2 Å². The molecule has 0 fully saturated rings. The van der Waals surface area contributed by atoms with E-state index in [4.69, 9.17) is 4.74 Å². The number of phenols is 1. The van der Waals surface area contributed by atoms with Crippen LogP contribution in [0.4, 0.5) is 10.5 Å². The molecule has 3 N–H and O–H groups in total. The SMILES string of the molecule is Cc1cccc(C)c1NC(=O)C(c1cccc(O)c1)N(C)C(=O)C(Cc1ccccc1)NC(=O)OC(C)(C)C. The minimum absolute atomic E-state index is 0.0362. The van der Waals surface area contributed by atoms with Crippen molar-refractivity contribution in [1.82, 2.24) is 10.2 Å². The van der Waals surface area contributed by atoms with Crippen LogP contribution < -0.4 is 10.6 Å². The molecule has 3 rings (SSSR count). The number of aryl methyl sites for hydroxylation is 2. The Bertz CT molecular complexity index is 1300. The average Bonchev–Trinajstić information content (AvgIpc) is 2.85. The van der Waals surface area contributed by atoms with Gasteiger partial charge in [0.15, 0.2) is 0 Å². The minimum Gasteiger partial charge on any atom is -0.508 e. The first-order valence-corrected chi connectivity index (χ1v) is 12.8. The molecular weight excluding hydrogens is 494 g/mol. The third kappa shape index (κ3) is 8.07. The van der Waals surface area contributed by atoms with Gasteiger partial charge in [0.1, 0.15) is 23.4 Å². The molecule has 0 bridgehead atoms. The van der Waals surface area contributed by atoms with Crippen molar-refractivity contribution in [1.29, 1.82) is 0 Å². The van der Waals surface area contributed by atoms with Crippen molar-refractivity contribution >= 4 is 23.6 Å². The predicted octanol–water partition coefficient (Wildman–Crippen LogP) is 5.28. The monoisotopic (exact) mass is 531 g/mol. The fourth-order valence-electron chi connectivity index (χ4n) is 4.32. The molecule has 8 nitrogen and oxygen atoms in total. The van der Waals surface area contributed by atoms with Gasteiger partial charge in [-0.3, -0.25) is 9.59 Å². The summed E-state index contributed by atoms with van der Waals surface area (Å²) in [6.07, 6.45) is -0.548. The first kappa shape index (κ1) is 29.2. The smallest absolute Gasteiger partial charge is 0.408 e. The molecule has 0 aromatic heterocycles. The summed E-state index contributed by atoms with van der Waals surface area (Å²) in [6.45, 7) is 9.00. The second-order valence-electron chi connectivity index (χ2n) is 10.6. The number of hydrogen-bond donors (Lipinski definition) is 3. The Labute approximate surface area is 230 Å². The lowest BCUT2D eigenvalue weighted by atomic mass is 10.0. The number of likely N-dealkylation sites (N-methyl/N-ethyl adjacent to an activating group) is 1. The Morgan fingerprint density at radius 3 is 2.13 bits per heavy atom. The number of para-hydroxylation sites is 1. The van der Waals surface area contributed by atoms with Gasteiger partial charge in [0.05, 0.1) is 0 Å². The van der Waals surface area contributed by atoms with E-state index in [0.717, 1.165) is 16.7 Å². The zero-order valence-electron chi connectivity index (χ0n) is 23.3. The topological polar surface area (TPSA) is 108 Å². The number of alkyl carbamates (subject to hydrolysis) is 1. The van der Waals surface area contributed by atoms with E-state index in [1.807, 2.05) is 62.4 Å². The Kier molecular flexibility index (Phi) is 9.35. The van der Waals surface area contributed by atoms with Crippen molar-refractivity contribution in [2.75, 3.05) is 12.4 Å². The standard InChI is InChI=1S/C31H37N3O5/c1-20-12-10-13-21(2)26(20)33-28(36)27(23-16-11-17-24(35)19-23)34(6)29(37)25(18-22-14-8-7-9-15-22)32-30(38)39-31(3,4)5/h7-17,19,25,27,35H,18H2,1-6H3,(H,32,38)(H,33,36). The molecule has 2 atom stereocenters. The Morgan fingerprint density at radius 2 is 1.54 bits per heavy atom. The highest BCUT2D eigenvalue weighted by atomic mass is 16.6. The van der Waals surface area contributed by atoms with Gasteiger partial charge < -0.3 is 25.4 Å². The zero-order chi connectivity index (χ0) is 28.7. The van der Waals surface area contributed by atoms with Crippen molar-refractivity contribution in [3.63, 3.8) is 0 Å². The van der Waals surface area contributed by atoms with E-state index >= 15 is 0 Å². The van der Waals surface area contributed by atoms with E-state index in [1.54, 1.807) is 32.9 Å². The van der Waals surface area contributed by atoms with E-state index in [9.17, 15) is 19.5 Å². The van der Waals surface area contributed by atoms with E-state index < -0.39 is 35.6 Å². The molecule has 0 saturated heterocycles. The number of anilines is 1.